The van der Waals surface area contributed by atoms with E-state index in [4.69, 9.17) is 0 Å². The van der Waals surface area contributed by atoms with Crippen molar-refractivity contribution in [2.45, 2.75) is 43.8 Å². The number of hydrogen-bond donors (Lipinski definition) is 1. The molecular weight excluding hydrogens is 258 g/mol. The Balaban J connectivity index is 1.73. The molecule has 1 atom stereocenters. The third-order valence-corrected chi connectivity index (χ3v) is 5.38. The van der Waals surface area contributed by atoms with E-state index >= 15 is 0 Å². The number of nitrogens with one attached hydrogen (secondary N) is 1. The summed E-state index contributed by atoms with van der Waals surface area (Å²) in [4.78, 5) is 5.27. The first-order valence-corrected chi connectivity index (χ1v) is 8.44. The van der Waals surface area contributed by atoms with E-state index in [0.717, 1.165) is 18.6 Å². The van der Waals surface area contributed by atoms with Crippen molar-refractivity contribution < 1.29 is 0 Å². The highest BCUT2D eigenvalue weighted by atomic mass is 15.3. The van der Waals surface area contributed by atoms with Gasteiger partial charge in [0.05, 0.1) is 0 Å². The highest BCUT2D eigenvalue weighted by molar-refractivity contribution is 5.20. The van der Waals surface area contributed by atoms with Gasteiger partial charge in [-0.15, -0.1) is 0 Å². The lowest BCUT2D eigenvalue weighted by atomic mass is 9.88. The van der Waals surface area contributed by atoms with Crippen molar-refractivity contribution in [3.05, 3.63) is 35.9 Å². The van der Waals surface area contributed by atoms with Crippen LogP contribution in [0.25, 0.3) is 0 Å². The van der Waals surface area contributed by atoms with Crippen LogP contribution in [0.4, 0.5) is 0 Å². The molecule has 1 aliphatic heterocycles. The highest BCUT2D eigenvalue weighted by Gasteiger charge is 2.33. The summed E-state index contributed by atoms with van der Waals surface area (Å²) in [5.74, 6) is 0. The van der Waals surface area contributed by atoms with Crippen LogP contribution in [-0.2, 0) is 0 Å². The van der Waals surface area contributed by atoms with Gasteiger partial charge in [0.25, 0.3) is 0 Å². The van der Waals surface area contributed by atoms with Crippen LogP contribution >= 0.6 is 0 Å². The van der Waals surface area contributed by atoms with Gasteiger partial charge in [-0.2, -0.15) is 0 Å². The van der Waals surface area contributed by atoms with Crippen LogP contribution in [0.15, 0.2) is 30.3 Å². The molecule has 0 spiro atoms. The van der Waals surface area contributed by atoms with Crippen molar-refractivity contribution in [3.8, 4) is 0 Å². The zero-order chi connectivity index (χ0) is 14.7. The Kier molecular flexibility index (Phi) is 4.94. The second kappa shape index (κ2) is 6.91. The van der Waals surface area contributed by atoms with Crippen LogP contribution in [0, 0.1) is 0 Å². The van der Waals surface area contributed by atoms with Crippen LogP contribution in [-0.4, -0.2) is 55.6 Å². The van der Waals surface area contributed by atoms with Crippen LogP contribution < -0.4 is 5.32 Å². The van der Waals surface area contributed by atoms with E-state index in [2.05, 4.69) is 59.5 Å². The molecule has 1 unspecified atom stereocenters. The molecule has 1 N–H and O–H groups in total. The molecule has 1 heterocycles. The summed E-state index contributed by atoms with van der Waals surface area (Å²) < 4.78 is 0. The average Bonchev–Trinajstić information content (AvgIpc) is 2.56. The highest BCUT2D eigenvalue weighted by Crippen LogP contribution is 2.32. The van der Waals surface area contributed by atoms with Gasteiger partial charge in [0.15, 0.2) is 0 Å². The summed E-state index contributed by atoms with van der Waals surface area (Å²) in [6, 6.07) is 13.2. The van der Waals surface area contributed by atoms with Gasteiger partial charge in [-0.25, -0.2) is 0 Å². The largest absolute Gasteiger partial charge is 0.317 e. The zero-order valence-electron chi connectivity index (χ0n) is 13.5. The number of rotatable bonds is 3. The topological polar surface area (TPSA) is 18.5 Å². The minimum absolute atomic E-state index is 0.570. The van der Waals surface area contributed by atoms with E-state index in [9.17, 15) is 0 Å². The maximum Gasteiger partial charge on any atom is 0.0478 e. The van der Waals surface area contributed by atoms with Crippen molar-refractivity contribution in [3.63, 3.8) is 0 Å². The number of benzene rings is 1. The number of hydrogen-bond acceptors (Lipinski definition) is 3. The average molecular weight is 287 g/mol. The van der Waals surface area contributed by atoms with Crippen molar-refractivity contribution in [1.29, 1.82) is 0 Å². The smallest absolute Gasteiger partial charge is 0.0478 e. The van der Waals surface area contributed by atoms with Gasteiger partial charge >= 0.3 is 0 Å². The Morgan fingerprint density at radius 3 is 2.38 bits per heavy atom. The number of nitrogens with zero attached hydrogens (tertiary/aromatic N) is 2. The predicted molar refractivity (Wildman–Crippen MR) is 88.5 cm³/mol. The molecule has 1 saturated heterocycles. The first-order valence-electron chi connectivity index (χ1n) is 8.44. The SMILES string of the molecule is CNC1CCC(N2CCN(C)CC2c2ccccc2)CC1. The van der Waals surface area contributed by atoms with Gasteiger partial charge in [0, 0.05) is 37.8 Å². The summed E-state index contributed by atoms with van der Waals surface area (Å²) in [5, 5.41) is 3.45. The summed E-state index contributed by atoms with van der Waals surface area (Å²) in [7, 11) is 4.36. The van der Waals surface area contributed by atoms with E-state index < -0.39 is 0 Å². The maximum atomic E-state index is 3.45. The number of piperazine rings is 1. The van der Waals surface area contributed by atoms with E-state index in [1.807, 2.05) is 0 Å². The lowest BCUT2D eigenvalue weighted by Gasteiger charge is -2.46. The Bertz CT molecular complexity index is 425. The second-order valence-corrected chi connectivity index (χ2v) is 6.72. The molecule has 3 nitrogen and oxygen atoms in total. The second-order valence-electron chi connectivity index (χ2n) is 6.72. The molecule has 2 fully saturated rings. The maximum absolute atomic E-state index is 3.45. The molecule has 21 heavy (non-hydrogen) atoms. The van der Waals surface area contributed by atoms with Gasteiger partial charge in [-0.05, 0) is 45.3 Å². The predicted octanol–water partition coefficient (Wildman–Crippen LogP) is 2.51. The van der Waals surface area contributed by atoms with Gasteiger partial charge in [-0.1, -0.05) is 30.3 Å². The molecular formula is C18H29N3. The summed E-state index contributed by atoms with van der Waals surface area (Å²) in [6.45, 7) is 3.58. The molecule has 1 saturated carbocycles. The third-order valence-electron chi connectivity index (χ3n) is 5.38. The fourth-order valence-electron chi connectivity index (χ4n) is 4.04. The molecule has 1 aromatic carbocycles. The van der Waals surface area contributed by atoms with Gasteiger partial charge < -0.3 is 10.2 Å². The first kappa shape index (κ1) is 15.0. The van der Waals surface area contributed by atoms with Crippen LogP contribution in [0.2, 0.25) is 0 Å². The lowest BCUT2D eigenvalue weighted by molar-refractivity contribution is 0.0330. The molecule has 116 valence electrons. The minimum atomic E-state index is 0.570. The fourth-order valence-corrected chi connectivity index (χ4v) is 4.04. The van der Waals surface area contributed by atoms with Crippen molar-refractivity contribution in [2.24, 2.45) is 0 Å². The van der Waals surface area contributed by atoms with Crippen molar-refractivity contribution in [2.75, 3.05) is 33.7 Å². The monoisotopic (exact) mass is 287 g/mol. The van der Waals surface area contributed by atoms with Crippen LogP contribution in [0.3, 0.4) is 0 Å². The summed E-state index contributed by atoms with van der Waals surface area (Å²) >= 11 is 0. The van der Waals surface area contributed by atoms with Crippen LogP contribution in [0.5, 0.6) is 0 Å². The van der Waals surface area contributed by atoms with Gasteiger partial charge in [-0.3, -0.25) is 4.90 Å². The Morgan fingerprint density at radius 2 is 1.71 bits per heavy atom. The van der Waals surface area contributed by atoms with E-state index in [1.54, 1.807) is 0 Å². The minimum Gasteiger partial charge on any atom is -0.317 e. The van der Waals surface area contributed by atoms with Crippen molar-refractivity contribution in [1.82, 2.24) is 15.1 Å². The van der Waals surface area contributed by atoms with E-state index in [1.165, 1.54) is 44.3 Å². The summed E-state index contributed by atoms with van der Waals surface area (Å²) in [5.41, 5.74) is 1.49. The molecule has 0 amide bonds. The van der Waals surface area contributed by atoms with Gasteiger partial charge in [0.1, 0.15) is 0 Å². The van der Waals surface area contributed by atoms with E-state index in [-0.39, 0.29) is 0 Å². The molecule has 0 bridgehead atoms. The summed E-state index contributed by atoms with van der Waals surface area (Å²) in [6.07, 6.45) is 5.35. The number of likely N-dealkylation sites (N-methyl/N-ethyl adjacent to an activating group) is 1. The lowest BCUT2D eigenvalue weighted by Crippen LogP contribution is -2.52. The van der Waals surface area contributed by atoms with Gasteiger partial charge in [0.2, 0.25) is 0 Å². The Labute approximate surface area is 129 Å². The molecule has 1 aromatic rings. The molecule has 3 rings (SSSR count). The molecule has 0 aromatic heterocycles. The Morgan fingerprint density at radius 1 is 1.00 bits per heavy atom. The molecule has 1 aliphatic carbocycles. The molecule has 3 heteroatoms. The van der Waals surface area contributed by atoms with E-state index in [0.29, 0.717) is 6.04 Å². The quantitative estimate of drug-likeness (QED) is 0.921. The van der Waals surface area contributed by atoms with Crippen LogP contribution in [0.1, 0.15) is 37.3 Å². The molecule has 2 aliphatic rings. The Hall–Kier alpha value is -0.900. The normalized spacial score (nSPS) is 32.2. The standard InChI is InChI=1S/C18H29N3/c1-19-16-8-10-17(11-9-16)21-13-12-20(2)14-18(21)15-6-4-3-5-7-15/h3-7,16-19H,8-14H2,1-2H3. The first-order chi connectivity index (χ1) is 10.3. The van der Waals surface area contributed by atoms with Crippen molar-refractivity contribution >= 4 is 0 Å². The fraction of sp³-hybridized carbons (Fsp3) is 0.667. The zero-order valence-corrected chi connectivity index (χ0v) is 13.5. The molecule has 0 radical (unpaired) electrons. The third kappa shape index (κ3) is 3.47.